The second kappa shape index (κ2) is 8.42. The van der Waals surface area contributed by atoms with Gasteiger partial charge in [-0.3, -0.25) is 4.79 Å². The molecule has 2 aromatic carbocycles. The molecule has 2 rings (SSSR count). The van der Waals surface area contributed by atoms with Gasteiger partial charge < -0.3 is 5.32 Å². The largest absolute Gasteiger partial charge is 0.355 e. The van der Waals surface area contributed by atoms with Crippen molar-refractivity contribution in [3.05, 3.63) is 63.9 Å². The fraction of sp³-hybridized carbons (Fsp3) is 0.188. The van der Waals surface area contributed by atoms with Gasteiger partial charge in [0.05, 0.1) is 15.8 Å². The summed E-state index contributed by atoms with van der Waals surface area (Å²) in [6.45, 7) is 0.385. The summed E-state index contributed by atoms with van der Waals surface area (Å²) in [6.07, 6.45) is 0.454. The van der Waals surface area contributed by atoms with Gasteiger partial charge in [-0.2, -0.15) is 0 Å². The highest BCUT2D eigenvalue weighted by molar-refractivity contribution is 8.00. The molecule has 2 aromatic rings. The Balaban J connectivity index is 1.78. The highest BCUT2D eigenvalue weighted by Gasteiger charge is 2.09. The number of amides is 1. The van der Waals surface area contributed by atoms with Gasteiger partial charge in [-0.05, 0) is 30.2 Å². The minimum atomic E-state index is -0.256. The molecule has 1 N–H and O–H groups in total. The number of carbonyl (C=O) groups is 1. The first-order valence-electron chi connectivity index (χ1n) is 6.65. The van der Waals surface area contributed by atoms with Crippen LogP contribution in [0.5, 0.6) is 0 Å². The molecular weight excluding hydrogens is 344 g/mol. The van der Waals surface area contributed by atoms with Gasteiger partial charge in [-0.25, -0.2) is 4.39 Å². The molecule has 0 atom stereocenters. The van der Waals surface area contributed by atoms with Gasteiger partial charge in [0, 0.05) is 11.4 Å². The lowest BCUT2D eigenvalue weighted by Crippen LogP contribution is -2.27. The number of thioether (sulfide) groups is 1. The average molecular weight is 358 g/mol. The van der Waals surface area contributed by atoms with E-state index in [4.69, 9.17) is 23.2 Å². The van der Waals surface area contributed by atoms with Crippen molar-refractivity contribution in [1.82, 2.24) is 5.32 Å². The minimum absolute atomic E-state index is 0.141. The maximum atomic E-state index is 13.4. The minimum Gasteiger partial charge on any atom is -0.355 e. The van der Waals surface area contributed by atoms with E-state index >= 15 is 0 Å². The molecule has 6 heteroatoms. The number of hydrogen-bond acceptors (Lipinski definition) is 2. The molecule has 0 saturated heterocycles. The lowest BCUT2D eigenvalue weighted by atomic mass is 10.1. The fourth-order valence-electron chi connectivity index (χ4n) is 1.85. The number of carbonyl (C=O) groups excluding carboxylic acids is 1. The van der Waals surface area contributed by atoms with E-state index in [-0.39, 0.29) is 17.5 Å². The second-order valence-corrected chi connectivity index (χ2v) is 6.33. The first kappa shape index (κ1) is 17.1. The van der Waals surface area contributed by atoms with Crippen LogP contribution in [-0.4, -0.2) is 18.2 Å². The topological polar surface area (TPSA) is 29.1 Å². The quantitative estimate of drug-likeness (QED) is 0.766. The first-order valence-corrected chi connectivity index (χ1v) is 8.39. The molecular formula is C16H14Cl2FNOS. The highest BCUT2D eigenvalue weighted by Crippen LogP contribution is 2.33. The van der Waals surface area contributed by atoms with Crippen LogP contribution in [-0.2, 0) is 11.2 Å². The van der Waals surface area contributed by atoms with Gasteiger partial charge in [0.15, 0.2) is 0 Å². The number of nitrogens with one attached hydrogen (secondary N) is 1. The molecule has 116 valence electrons. The van der Waals surface area contributed by atoms with Crippen molar-refractivity contribution in [3.63, 3.8) is 0 Å². The maximum absolute atomic E-state index is 13.4. The lowest BCUT2D eigenvalue weighted by Gasteiger charge is -2.08. The molecule has 0 aliphatic carbocycles. The van der Waals surface area contributed by atoms with Crippen LogP contribution < -0.4 is 5.32 Å². The average Bonchev–Trinajstić information content (AvgIpc) is 2.49. The van der Waals surface area contributed by atoms with Gasteiger partial charge >= 0.3 is 0 Å². The molecule has 22 heavy (non-hydrogen) atoms. The highest BCUT2D eigenvalue weighted by atomic mass is 35.5. The van der Waals surface area contributed by atoms with Crippen LogP contribution in [0.25, 0.3) is 0 Å². The zero-order valence-corrected chi connectivity index (χ0v) is 13.9. The van der Waals surface area contributed by atoms with Crippen LogP contribution in [0.1, 0.15) is 5.56 Å². The fourth-order valence-corrected chi connectivity index (χ4v) is 3.36. The van der Waals surface area contributed by atoms with Crippen LogP contribution in [0, 0.1) is 5.82 Å². The van der Waals surface area contributed by atoms with Crippen molar-refractivity contribution in [2.24, 2.45) is 0 Å². The molecule has 0 saturated carbocycles. The summed E-state index contributed by atoms with van der Waals surface area (Å²) in [5.41, 5.74) is 0.588. The van der Waals surface area contributed by atoms with E-state index in [2.05, 4.69) is 5.32 Å². The number of benzene rings is 2. The number of hydrogen-bond donors (Lipinski definition) is 1. The zero-order valence-electron chi connectivity index (χ0n) is 11.6. The summed E-state index contributed by atoms with van der Waals surface area (Å²) >= 11 is 13.4. The van der Waals surface area contributed by atoms with E-state index in [1.165, 1.54) is 17.8 Å². The van der Waals surface area contributed by atoms with Crippen molar-refractivity contribution in [1.29, 1.82) is 0 Å². The van der Waals surface area contributed by atoms with Gasteiger partial charge in [-0.15, -0.1) is 11.8 Å². The molecule has 1 amide bonds. The van der Waals surface area contributed by atoms with E-state index in [9.17, 15) is 9.18 Å². The predicted octanol–water partition coefficient (Wildman–Crippen LogP) is 4.58. The molecule has 0 spiro atoms. The molecule has 0 aliphatic heterocycles. The Morgan fingerprint density at radius 3 is 2.45 bits per heavy atom. The molecule has 2 nitrogen and oxygen atoms in total. The van der Waals surface area contributed by atoms with Crippen LogP contribution in [0.4, 0.5) is 4.39 Å². The van der Waals surface area contributed by atoms with Crippen LogP contribution in [0.15, 0.2) is 47.4 Å². The van der Waals surface area contributed by atoms with Gasteiger partial charge in [-0.1, -0.05) is 47.5 Å². The lowest BCUT2D eigenvalue weighted by molar-refractivity contribution is -0.118. The van der Waals surface area contributed by atoms with Gasteiger partial charge in [0.25, 0.3) is 0 Å². The van der Waals surface area contributed by atoms with Crippen LogP contribution in [0.2, 0.25) is 10.0 Å². The molecule has 0 fully saturated rings. The summed E-state index contributed by atoms with van der Waals surface area (Å²) < 4.78 is 13.4. The SMILES string of the molecule is O=C(CSc1c(Cl)cccc1Cl)NCCc1ccccc1F. The Morgan fingerprint density at radius 2 is 1.77 bits per heavy atom. The van der Waals surface area contributed by atoms with Gasteiger partial charge in [0.2, 0.25) is 5.91 Å². The van der Waals surface area contributed by atoms with E-state index in [0.717, 1.165) is 0 Å². The Labute approximate surface area is 143 Å². The molecule has 0 aliphatic rings. The molecule has 0 bridgehead atoms. The van der Waals surface area contributed by atoms with E-state index in [0.29, 0.717) is 33.5 Å². The van der Waals surface area contributed by atoms with Crippen molar-refractivity contribution in [2.45, 2.75) is 11.3 Å². The number of rotatable bonds is 6. The third kappa shape index (κ3) is 4.90. The van der Waals surface area contributed by atoms with Crippen molar-refractivity contribution in [3.8, 4) is 0 Å². The Morgan fingerprint density at radius 1 is 1.09 bits per heavy atom. The summed E-state index contributed by atoms with van der Waals surface area (Å²) in [4.78, 5) is 12.5. The summed E-state index contributed by atoms with van der Waals surface area (Å²) in [6, 6.07) is 11.7. The standard InChI is InChI=1S/C16H14Cl2FNOS/c17-12-5-3-6-13(18)16(12)22-10-15(21)20-9-8-11-4-1-2-7-14(11)19/h1-7H,8-10H2,(H,20,21). The summed E-state index contributed by atoms with van der Waals surface area (Å²) in [5, 5.41) is 3.80. The third-order valence-corrected chi connectivity index (χ3v) is 4.93. The molecule has 0 heterocycles. The summed E-state index contributed by atoms with van der Waals surface area (Å²) in [5.74, 6) is -0.188. The zero-order chi connectivity index (χ0) is 15.9. The molecule has 0 unspecified atom stereocenters. The third-order valence-electron chi connectivity index (χ3n) is 2.94. The van der Waals surface area contributed by atoms with Crippen molar-refractivity contribution >= 4 is 40.9 Å². The Bertz CT molecular complexity index is 646. The smallest absolute Gasteiger partial charge is 0.230 e. The van der Waals surface area contributed by atoms with Crippen LogP contribution >= 0.6 is 35.0 Å². The van der Waals surface area contributed by atoms with Crippen molar-refractivity contribution < 1.29 is 9.18 Å². The maximum Gasteiger partial charge on any atom is 0.230 e. The normalized spacial score (nSPS) is 10.5. The van der Waals surface area contributed by atoms with E-state index < -0.39 is 0 Å². The second-order valence-electron chi connectivity index (χ2n) is 4.53. The first-order chi connectivity index (χ1) is 10.6. The monoisotopic (exact) mass is 357 g/mol. The Hall–Kier alpha value is -1.23. The molecule has 0 radical (unpaired) electrons. The van der Waals surface area contributed by atoms with E-state index in [1.807, 2.05) is 0 Å². The van der Waals surface area contributed by atoms with E-state index in [1.54, 1.807) is 36.4 Å². The van der Waals surface area contributed by atoms with Gasteiger partial charge in [0.1, 0.15) is 5.82 Å². The molecule has 0 aromatic heterocycles. The Kier molecular flexibility index (Phi) is 6.55. The van der Waals surface area contributed by atoms with Crippen molar-refractivity contribution in [2.75, 3.05) is 12.3 Å². The summed E-state index contributed by atoms with van der Waals surface area (Å²) in [7, 11) is 0. The van der Waals surface area contributed by atoms with Crippen LogP contribution in [0.3, 0.4) is 0 Å². The predicted molar refractivity (Wildman–Crippen MR) is 90.3 cm³/mol. The number of halogens is 3.